The number of hydrogen-bond donors (Lipinski definition) is 2. The Hall–Kier alpha value is -2.01. The summed E-state index contributed by atoms with van der Waals surface area (Å²) in [4.78, 5) is 16.0. The molecule has 0 aliphatic heterocycles. The van der Waals surface area contributed by atoms with Gasteiger partial charge in [0.25, 0.3) is 0 Å². The summed E-state index contributed by atoms with van der Waals surface area (Å²) in [5.41, 5.74) is 2.08. The predicted molar refractivity (Wildman–Crippen MR) is 119 cm³/mol. The number of rotatable bonds is 9. The second-order valence-corrected chi connectivity index (χ2v) is 5.81. The highest BCUT2D eigenvalue weighted by atomic mass is 16.3. The van der Waals surface area contributed by atoms with Crippen LogP contribution in [0, 0.1) is 0 Å². The number of aliphatic hydroxyl groups is 1. The number of carbonyl (C=O) groups is 1. The zero-order chi connectivity index (χ0) is 21.4. The fourth-order valence-electron chi connectivity index (χ4n) is 2.30. The molecule has 0 aliphatic carbocycles. The molecule has 0 saturated carbocycles. The molecule has 1 aromatic rings. The molecule has 5 heteroatoms. The Morgan fingerprint density at radius 3 is 2.07 bits per heavy atom. The fourth-order valence-corrected chi connectivity index (χ4v) is 2.30. The van der Waals surface area contributed by atoms with Crippen molar-refractivity contribution in [3.8, 4) is 0 Å². The van der Waals surface area contributed by atoms with E-state index in [2.05, 4.69) is 23.7 Å². The van der Waals surface area contributed by atoms with Gasteiger partial charge in [-0.25, -0.2) is 0 Å². The van der Waals surface area contributed by atoms with Crippen LogP contribution in [-0.4, -0.2) is 61.1 Å². The molecule has 1 rings (SSSR count). The monoisotopic (exact) mass is 379 g/mol. The van der Waals surface area contributed by atoms with Crippen molar-refractivity contribution in [2.45, 2.75) is 53.5 Å². The maximum atomic E-state index is 12.3. The molecule has 5 nitrogen and oxygen atoms in total. The van der Waals surface area contributed by atoms with Crippen LogP contribution in [0.1, 0.15) is 46.6 Å². The summed E-state index contributed by atoms with van der Waals surface area (Å²) >= 11 is 0. The molecule has 27 heavy (non-hydrogen) atoms. The van der Waals surface area contributed by atoms with Crippen molar-refractivity contribution in [2.24, 2.45) is 0 Å². The Morgan fingerprint density at radius 1 is 1.15 bits per heavy atom. The van der Waals surface area contributed by atoms with Crippen molar-refractivity contribution in [3.05, 3.63) is 42.2 Å². The number of benzene rings is 1. The Kier molecular flexibility index (Phi) is 16.3. The molecule has 1 amide bonds. The maximum absolute atomic E-state index is 12.3. The molecule has 156 valence electrons. The van der Waals surface area contributed by atoms with Crippen LogP contribution in [0.3, 0.4) is 0 Å². The molecular formula is C22H41N3O2. The maximum Gasteiger partial charge on any atom is 0.224 e. The molecule has 1 aromatic carbocycles. The minimum absolute atomic E-state index is 0.0114. The van der Waals surface area contributed by atoms with Gasteiger partial charge in [-0.2, -0.15) is 0 Å². The lowest BCUT2D eigenvalue weighted by atomic mass is 10.0. The van der Waals surface area contributed by atoms with Gasteiger partial charge >= 0.3 is 0 Å². The summed E-state index contributed by atoms with van der Waals surface area (Å²) in [5, 5.41) is 13.0. The van der Waals surface area contributed by atoms with E-state index in [0.717, 1.165) is 17.8 Å². The summed E-state index contributed by atoms with van der Waals surface area (Å²) in [6.45, 7) is 15.3. The van der Waals surface area contributed by atoms with Crippen molar-refractivity contribution in [3.63, 3.8) is 0 Å². The standard InChI is InChI=1S/C18H29N3O2.2C2H6/c1-6-20(4)12-11-18(23)21(5)17(14(2)22)13-15-7-9-16(19-3)10-8-15;2*1-2/h7-10,17,19,22H,2,6,11-13H2,1,3-5H3;2*1-2H3/t17-;;/m0../s1. The SMILES string of the molecule is C=C(O)[C@H](Cc1ccc(NC)cc1)N(C)C(=O)CCN(C)CC.CC.CC. The first-order valence-corrected chi connectivity index (χ1v) is 9.97. The van der Waals surface area contributed by atoms with Crippen LogP contribution in [0.25, 0.3) is 0 Å². The van der Waals surface area contributed by atoms with Crippen LogP contribution in [0.2, 0.25) is 0 Å². The Labute approximate surface area is 167 Å². The predicted octanol–water partition coefficient (Wildman–Crippen LogP) is 4.56. The van der Waals surface area contributed by atoms with Crippen molar-refractivity contribution < 1.29 is 9.90 Å². The lowest BCUT2D eigenvalue weighted by Crippen LogP contribution is -2.40. The summed E-state index contributed by atoms with van der Waals surface area (Å²) in [5.74, 6) is 0.0275. The van der Waals surface area contributed by atoms with Crippen LogP contribution < -0.4 is 5.32 Å². The van der Waals surface area contributed by atoms with Gasteiger partial charge in [-0.05, 0) is 31.3 Å². The summed E-state index contributed by atoms with van der Waals surface area (Å²) in [6, 6.07) is 7.53. The van der Waals surface area contributed by atoms with Gasteiger partial charge in [-0.1, -0.05) is 53.3 Å². The van der Waals surface area contributed by atoms with Crippen molar-refractivity contribution in [2.75, 3.05) is 39.5 Å². The van der Waals surface area contributed by atoms with E-state index < -0.39 is 6.04 Å². The van der Waals surface area contributed by atoms with Crippen LogP contribution in [0.5, 0.6) is 0 Å². The van der Waals surface area contributed by atoms with E-state index in [1.54, 1.807) is 11.9 Å². The number of likely N-dealkylation sites (N-methyl/N-ethyl adjacent to an activating group) is 1. The number of carbonyl (C=O) groups excluding carboxylic acids is 1. The molecule has 0 heterocycles. The minimum atomic E-state index is -0.408. The van der Waals surface area contributed by atoms with E-state index >= 15 is 0 Å². The molecule has 0 radical (unpaired) electrons. The third-order valence-electron chi connectivity index (χ3n) is 4.16. The number of amides is 1. The van der Waals surface area contributed by atoms with Gasteiger partial charge in [0.15, 0.2) is 0 Å². The molecular weight excluding hydrogens is 338 g/mol. The average molecular weight is 380 g/mol. The third kappa shape index (κ3) is 10.7. The summed E-state index contributed by atoms with van der Waals surface area (Å²) in [7, 11) is 5.58. The molecule has 0 aliphatic rings. The molecule has 0 spiro atoms. The molecule has 2 N–H and O–H groups in total. The zero-order valence-corrected chi connectivity index (χ0v) is 18.7. The van der Waals surface area contributed by atoms with E-state index in [-0.39, 0.29) is 11.7 Å². The Balaban J connectivity index is 0. The Morgan fingerprint density at radius 2 is 1.67 bits per heavy atom. The topological polar surface area (TPSA) is 55.8 Å². The van der Waals surface area contributed by atoms with Crippen LogP contribution in [0.15, 0.2) is 36.6 Å². The first kappa shape index (κ1) is 27.2. The second kappa shape index (κ2) is 16.2. The highest BCUT2D eigenvalue weighted by molar-refractivity contribution is 5.76. The van der Waals surface area contributed by atoms with Crippen molar-refractivity contribution in [1.82, 2.24) is 9.80 Å². The minimum Gasteiger partial charge on any atom is -0.511 e. The van der Waals surface area contributed by atoms with E-state index in [0.29, 0.717) is 19.4 Å². The van der Waals surface area contributed by atoms with Gasteiger partial charge in [-0.15, -0.1) is 0 Å². The van der Waals surface area contributed by atoms with Crippen LogP contribution in [0.4, 0.5) is 5.69 Å². The highest BCUT2D eigenvalue weighted by Gasteiger charge is 2.22. The lowest BCUT2D eigenvalue weighted by Gasteiger charge is -2.28. The van der Waals surface area contributed by atoms with E-state index in [9.17, 15) is 9.90 Å². The van der Waals surface area contributed by atoms with Crippen molar-refractivity contribution in [1.29, 1.82) is 0 Å². The zero-order valence-electron chi connectivity index (χ0n) is 18.7. The first-order valence-electron chi connectivity index (χ1n) is 9.97. The van der Waals surface area contributed by atoms with E-state index in [1.165, 1.54) is 0 Å². The van der Waals surface area contributed by atoms with Crippen molar-refractivity contribution >= 4 is 11.6 Å². The first-order chi connectivity index (χ1) is 12.9. The molecule has 0 bridgehead atoms. The molecule has 0 fully saturated rings. The number of hydrogen-bond acceptors (Lipinski definition) is 4. The number of anilines is 1. The van der Waals surface area contributed by atoms with Crippen LogP contribution >= 0.6 is 0 Å². The van der Waals surface area contributed by atoms with Crippen LogP contribution in [-0.2, 0) is 11.2 Å². The van der Waals surface area contributed by atoms with Gasteiger partial charge < -0.3 is 20.2 Å². The molecule has 1 atom stereocenters. The number of nitrogens with one attached hydrogen (secondary N) is 1. The van der Waals surface area contributed by atoms with E-state index in [1.807, 2.05) is 66.1 Å². The smallest absolute Gasteiger partial charge is 0.224 e. The van der Waals surface area contributed by atoms with E-state index in [4.69, 9.17) is 0 Å². The van der Waals surface area contributed by atoms with Gasteiger partial charge in [0, 0.05) is 39.2 Å². The second-order valence-electron chi connectivity index (χ2n) is 5.81. The van der Waals surface area contributed by atoms with Gasteiger partial charge in [0.05, 0.1) is 6.04 Å². The highest BCUT2D eigenvalue weighted by Crippen LogP contribution is 2.16. The van der Waals surface area contributed by atoms with Gasteiger partial charge in [0.2, 0.25) is 5.91 Å². The fraction of sp³-hybridized carbons (Fsp3) is 0.591. The summed E-state index contributed by atoms with van der Waals surface area (Å²) in [6.07, 6.45) is 0.981. The summed E-state index contributed by atoms with van der Waals surface area (Å²) < 4.78 is 0. The quantitative estimate of drug-likeness (QED) is 0.617. The number of nitrogens with zero attached hydrogens (tertiary/aromatic N) is 2. The molecule has 0 aromatic heterocycles. The largest absolute Gasteiger partial charge is 0.511 e. The molecule has 0 unspecified atom stereocenters. The Bertz CT molecular complexity index is 515. The molecule has 0 saturated heterocycles. The van der Waals surface area contributed by atoms with Gasteiger partial charge in [0.1, 0.15) is 5.76 Å². The third-order valence-corrected chi connectivity index (χ3v) is 4.16. The lowest BCUT2D eigenvalue weighted by molar-refractivity contribution is -0.132. The average Bonchev–Trinajstić information content (AvgIpc) is 2.72. The normalized spacial score (nSPS) is 10.7. The number of aliphatic hydroxyl groups excluding tert-OH is 1. The van der Waals surface area contributed by atoms with Gasteiger partial charge in [-0.3, -0.25) is 4.79 Å².